The molecule has 44 heteroatoms. The maximum Gasteiger partial charge on any atom is 0.360 e. The van der Waals surface area contributed by atoms with Crippen molar-refractivity contribution in [3.8, 4) is 0 Å². The van der Waals surface area contributed by atoms with Crippen molar-refractivity contribution in [2.75, 3.05) is 177 Å². The molecular weight excluding hydrogens is 1700 g/mol. The van der Waals surface area contributed by atoms with Crippen LogP contribution in [0.4, 0.5) is 0 Å². The normalized spacial score (nSPS) is 16.5. The molecule has 0 aromatic heterocycles. The average molecular weight is 1830 g/mol. The van der Waals surface area contributed by atoms with Crippen molar-refractivity contribution in [3.63, 3.8) is 0 Å². The van der Waals surface area contributed by atoms with Crippen LogP contribution in [0.25, 0.3) is 0 Å². The molecule has 15 N–H and O–H groups in total. The molecule has 0 spiro atoms. The van der Waals surface area contributed by atoms with Crippen LogP contribution in [0.3, 0.4) is 0 Å². The van der Waals surface area contributed by atoms with Crippen LogP contribution in [0, 0.1) is 15.4 Å². The largest absolute Gasteiger partial charge is 0.480 e. The zero-order valence-corrected chi connectivity index (χ0v) is 69.3. The first-order valence-corrected chi connectivity index (χ1v) is 42.0. The van der Waals surface area contributed by atoms with Crippen LogP contribution in [-0.2, 0) is 92.1 Å². The third-order valence-electron chi connectivity index (χ3n) is 18.7. The molecule has 2 aliphatic heterocycles. The highest BCUT2D eigenvalue weighted by atomic mass is 127. The Balaban J connectivity index is 0. The lowest BCUT2D eigenvalue weighted by molar-refractivity contribution is -0.146. The van der Waals surface area contributed by atoms with Crippen LogP contribution in [0.1, 0.15) is 127 Å². The van der Waals surface area contributed by atoms with Crippen molar-refractivity contribution >= 4 is 121 Å². The van der Waals surface area contributed by atoms with Crippen molar-refractivity contribution in [3.05, 3.63) is 33.4 Å². The van der Waals surface area contributed by atoms with E-state index in [1.54, 1.807) is 62.0 Å². The summed E-state index contributed by atoms with van der Waals surface area (Å²) in [5, 5.41) is 78.1. The summed E-state index contributed by atoms with van der Waals surface area (Å²) in [6.45, 7) is 8.73. The van der Waals surface area contributed by atoms with Gasteiger partial charge in [0, 0.05) is 165 Å². The lowest BCUT2D eigenvalue weighted by Crippen LogP contribution is -2.53. The van der Waals surface area contributed by atoms with E-state index in [-0.39, 0.29) is 227 Å². The van der Waals surface area contributed by atoms with Gasteiger partial charge in [0.05, 0.1) is 65.2 Å². The van der Waals surface area contributed by atoms with Crippen LogP contribution in [-0.4, -0.2) is 384 Å². The Labute approximate surface area is 698 Å². The zero-order chi connectivity index (χ0) is 85.8. The molecule has 2 saturated heterocycles. The molecule has 2 fully saturated rings. The van der Waals surface area contributed by atoms with Gasteiger partial charge < -0.3 is 86.1 Å². The minimum atomic E-state index is -5.49. The molecular formula is C73H129IN12O29P2. The van der Waals surface area contributed by atoms with Gasteiger partial charge in [-0.2, -0.15) is 0 Å². The number of ketones is 3. The number of Topliss-reactive ketones (excluding diaryl/α,β-unsaturated/α-hetero) is 3. The van der Waals surface area contributed by atoms with Gasteiger partial charge in [0.2, 0.25) is 29.2 Å². The Morgan fingerprint density at radius 1 is 0.410 bits per heavy atom. The van der Waals surface area contributed by atoms with Gasteiger partial charge >= 0.3 is 57.0 Å². The Kier molecular flexibility index (Phi) is 57.2. The van der Waals surface area contributed by atoms with Crippen LogP contribution in [0.2, 0.25) is 0 Å². The number of carboxylic acids is 7. The van der Waals surface area contributed by atoms with Crippen molar-refractivity contribution in [1.82, 2.24) is 60.5 Å². The van der Waals surface area contributed by atoms with Crippen LogP contribution >= 0.6 is 37.8 Å². The van der Waals surface area contributed by atoms with E-state index in [0.29, 0.717) is 26.2 Å². The number of benzene rings is 1. The maximum atomic E-state index is 12.8. The number of carbonyl (C=O) groups excluding carboxylic acids is 7. The number of nitrogens with one attached hydrogen (secondary N) is 4. The van der Waals surface area contributed by atoms with Gasteiger partial charge in [-0.1, -0.05) is 62.1 Å². The number of rotatable bonds is 48. The molecule has 4 amide bonds. The van der Waals surface area contributed by atoms with Gasteiger partial charge in [-0.15, -0.1) is 0 Å². The summed E-state index contributed by atoms with van der Waals surface area (Å²) in [6.07, 6.45) is 1.41. The van der Waals surface area contributed by atoms with E-state index in [1.807, 2.05) is 12.1 Å². The first-order chi connectivity index (χ1) is 53.5. The lowest BCUT2D eigenvalue weighted by atomic mass is 9.98. The number of aliphatic carboxylic acids is 7. The van der Waals surface area contributed by atoms with E-state index in [1.165, 1.54) is 26.3 Å². The molecule has 0 saturated carbocycles. The Hall–Kier alpha value is -6.97. The van der Waals surface area contributed by atoms with Crippen LogP contribution in [0.5, 0.6) is 0 Å². The number of ether oxygens (including phenoxy) is 2. The van der Waals surface area contributed by atoms with E-state index in [2.05, 4.69) is 50.7 Å². The van der Waals surface area contributed by atoms with Crippen molar-refractivity contribution in [1.29, 1.82) is 0 Å². The minimum Gasteiger partial charge on any atom is -0.480 e. The van der Waals surface area contributed by atoms with Gasteiger partial charge in [0.1, 0.15) is 35.5 Å². The predicted molar refractivity (Wildman–Crippen MR) is 437 cm³/mol. The summed E-state index contributed by atoms with van der Waals surface area (Å²) in [6, 6.07) is 3.95. The van der Waals surface area contributed by atoms with Gasteiger partial charge in [-0.3, -0.25) is 115 Å². The van der Waals surface area contributed by atoms with E-state index in [9.17, 15) is 112 Å². The number of hydrogen-bond donors (Lipinski definition) is 15. The summed E-state index contributed by atoms with van der Waals surface area (Å²) < 4.78 is 35.0. The SMILES string of the molecule is C.C.C.CC(=O)C(CCC(=O)C(C)C)N1CCN(CC(=O)O)CCN(C(CCC(=O)NCC(=O)NC(P(=O)(O)O)P(=O)(O)O)C(=O)O)CCN(CC(=O)O)CC1.CC(C)C(=O)CCC(C(=O)O)N1CCN(CC(=O)O)CCN(C(CCC(=O)NCCOCCOCCNC(=O)CCCc2ccc(I)cc2)C(=O)O)CCN(CC(=O)O)CC1. The topological polar surface area (TPSA) is 588 Å². The fraction of sp³-hybridized carbons (Fsp3) is 0.726. The van der Waals surface area contributed by atoms with Crippen molar-refractivity contribution < 1.29 is 141 Å². The molecule has 117 heavy (non-hydrogen) atoms. The molecule has 4 unspecified atom stereocenters. The first-order valence-electron chi connectivity index (χ1n) is 37.5. The molecule has 1 aromatic carbocycles. The molecule has 0 aliphatic carbocycles. The van der Waals surface area contributed by atoms with Crippen molar-refractivity contribution in [2.45, 2.75) is 157 Å². The van der Waals surface area contributed by atoms with Gasteiger partial charge in [-0.25, -0.2) is 0 Å². The summed E-state index contributed by atoms with van der Waals surface area (Å²) in [5.41, 5.74) is -1.65. The van der Waals surface area contributed by atoms with E-state index in [4.69, 9.17) is 29.0 Å². The molecule has 1 aromatic rings. The Morgan fingerprint density at radius 3 is 0.991 bits per heavy atom. The molecule has 0 radical (unpaired) electrons. The molecule has 4 atom stereocenters. The summed E-state index contributed by atoms with van der Waals surface area (Å²) >= 11 is 2.25. The smallest absolute Gasteiger partial charge is 0.360 e. The average Bonchev–Trinajstić information content (AvgIpc) is 0.825. The highest BCUT2D eigenvalue weighted by molar-refractivity contribution is 14.1. The standard InChI is InChI=1S/C41H65IN6O13.C29H52N6O16P2.3CH4/c1-30(2)35(49)12-10-33(40(56)57)47-20-16-45(28-38(52)53)18-22-48(23-19-46(17-21-47)29-39(54)55)34(41(58)59)11-13-37(51)44-15-25-61-27-26-60-24-14-43-36(50)5-3-4-31-6-8-32(42)9-7-31;1-19(2)23(37)6-4-21(20(3)36)34-12-8-32(17-26(40)41)10-14-35(15-11-33(9-13-34)18-27(42)43)22(28(44)45)5-7-24(38)30-16-25(39)31-29(52(46,47)48)53(49,50)51;;;/h6-9,30,33-34H,3-5,10-29H2,1-2H3,(H,43,50)(H,44,51)(H,52,53)(H,54,55)(H,56,57)(H,58,59);19,21-22,29H,4-18H2,1-3H3,(H,30,38)(H,31,39)(H,40,41)(H,42,43)(H,44,45)(H2,46,47,48)(H2,49,50,51);3*1H4. The second-order valence-corrected chi connectivity index (χ2v) is 33.3. The number of halogens is 1. The number of carbonyl (C=O) groups is 14. The minimum absolute atomic E-state index is 0. The maximum absolute atomic E-state index is 12.8. The first kappa shape index (κ1) is 112. The van der Waals surface area contributed by atoms with Gasteiger partial charge in [0.15, 0.2) is 0 Å². The molecule has 0 bridgehead atoms. The fourth-order valence-electron chi connectivity index (χ4n) is 12.4. The summed E-state index contributed by atoms with van der Waals surface area (Å²) in [5.74, 6) is -11.8. The quantitative estimate of drug-likeness (QED) is 0.0237. The number of amides is 4. The second kappa shape index (κ2) is 59.7. The van der Waals surface area contributed by atoms with Crippen molar-refractivity contribution in [2.24, 2.45) is 11.8 Å². The highest BCUT2D eigenvalue weighted by Gasteiger charge is 2.45. The molecule has 3 rings (SSSR count). The molecule has 672 valence electrons. The number of aryl methyl sites for hydroxylation is 1. The molecule has 2 aliphatic rings. The molecule has 41 nitrogen and oxygen atoms in total. The fourth-order valence-corrected chi connectivity index (χ4v) is 14.9. The number of hydrogen-bond acceptors (Lipinski definition) is 26. The zero-order valence-electron chi connectivity index (χ0n) is 65.3. The third-order valence-corrected chi connectivity index (χ3v) is 22.8. The Bertz CT molecular complexity index is 3290. The highest BCUT2D eigenvalue weighted by Crippen LogP contribution is 2.58. The Morgan fingerprint density at radius 2 is 0.701 bits per heavy atom. The summed E-state index contributed by atoms with van der Waals surface area (Å²) in [7, 11) is -11.0. The number of nitrogens with zero attached hydrogens (tertiary/aromatic N) is 8. The van der Waals surface area contributed by atoms with E-state index in [0.717, 1.165) is 12.8 Å². The monoisotopic (exact) mass is 1830 g/mol. The molecule has 2 heterocycles. The number of carboxylic acid groups (broad SMARTS) is 7. The second-order valence-electron chi connectivity index (χ2n) is 28.2. The van der Waals surface area contributed by atoms with E-state index < -0.39 is 144 Å². The van der Waals surface area contributed by atoms with Gasteiger partial charge in [0.25, 0.3) is 0 Å². The van der Waals surface area contributed by atoms with E-state index >= 15 is 0 Å². The van der Waals surface area contributed by atoms with Gasteiger partial charge in [-0.05, 0) is 85.7 Å². The van der Waals surface area contributed by atoms with Crippen LogP contribution < -0.4 is 21.3 Å². The predicted octanol–water partition coefficient (Wildman–Crippen LogP) is 0.315. The summed E-state index contributed by atoms with van der Waals surface area (Å²) in [4.78, 5) is 221. The van der Waals surface area contributed by atoms with Crippen LogP contribution in [0.15, 0.2) is 24.3 Å². The third kappa shape index (κ3) is 49.4. The lowest BCUT2D eigenvalue weighted by Gasteiger charge is -2.37.